The van der Waals surface area contributed by atoms with E-state index >= 15 is 0 Å². The SMILES string of the molecule is CC/C=C\C/C=C\C/C=C\C/C=C\C/C=C\C/C=C\C/C=C\CCCCCCCC(=O)OCC(COC(=O)CCCCCCC)OC(=O)CCCCCCCCCC/C=C\C/C=C\C/C=C\C/C=C\CC. The summed E-state index contributed by atoms with van der Waals surface area (Å²) in [5.41, 5.74) is 0. The molecule has 0 saturated carbocycles. The maximum Gasteiger partial charge on any atom is 0.306 e. The molecule has 0 radical (unpaired) electrons. The van der Waals surface area contributed by atoms with E-state index in [1.165, 1.54) is 32.1 Å². The van der Waals surface area contributed by atoms with Crippen LogP contribution >= 0.6 is 0 Å². The van der Waals surface area contributed by atoms with E-state index in [2.05, 4.69) is 154 Å². The molecular formula is C65H104O6. The Labute approximate surface area is 436 Å². The highest BCUT2D eigenvalue weighted by Crippen LogP contribution is 2.14. The molecule has 0 saturated heterocycles. The van der Waals surface area contributed by atoms with Crippen molar-refractivity contribution in [1.82, 2.24) is 0 Å². The van der Waals surface area contributed by atoms with Gasteiger partial charge in [-0.2, -0.15) is 0 Å². The van der Waals surface area contributed by atoms with Crippen molar-refractivity contribution in [3.63, 3.8) is 0 Å². The molecule has 0 aromatic carbocycles. The van der Waals surface area contributed by atoms with E-state index < -0.39 is 6.10 Å². The predicted octanol–water partition coefficient (Wildman–Crippen LogP) is 19.4. The summed E-state index contributed by atoms with van der Waals surface area (Å²) in [6.07, 6.45) is 82.0. The van der Waals surface area contributed by atoms with Crippen LogP contribution in [-0.4, -0.2) is 37.2 Å². The molecule has 0 aliphatic heterocycles. The van der Waals surface area contributed by atoms with Gasteiger partial charge in [0.15, 0.2) is 6.10 Å². The van der Waals surface area contributed by atoms with Crippen LogP contribution in [0.3, 0.4) is 0 Å². The Morgan fingerprint density at radius 2 is 0.549 bits per heavy atom. The van der Waals surface area contributed by atoms with Crippen LogP contribution in [0.15, 0.2) is 134 Å². The largest absolute Gasteiger partial charge is 0.462 e. The Bertz CT molecular complexity index is 1550. The first kappa shape index (κ1) is 66.6. The van der Waals surface area contributed by atoms with Crippen molar-refractivity contribution >= 4 is 17.9 Å². The lowest BCUT2D eigenvalue weighted by Crippen LogP contribution is -2.30. The van der Waals surface area contributed by atoms with E-state index in [-0.39, 0.29) is 31.1 Å². The van der Waals surface area contributed by atoms with Gasteiger partial charge < -0.3 is 14.2 Å². The van der Waals surface area contributed by atoms with E-state index in [4.69, 9.17) is 14.2 Å². The zero-order valence-corrected chi connectivity index (χ0v) is 45.7. The van der Waals surface area contributed by atoms with Gasteiger partial charge >= 0.3 is 17.9 Å². The Morgan fingerprint density at radius 1 is 0.296 bits per heavy atom. The molecule has 0 aromatic rings. The second-order valence-corrected chi connectivity index (χ2v) is 18.4. The lowest BCUT2D eigenvalue weighted by Gasteiger charge is -2.18. The average Bonchev–Trinajstić information content (AvgIpc) is 3.37. The van der Waals surface area contributed by atoms with Crippen LogP contribution < -0.4 is 0 Å². The fourth-order valence-electron chi connectivity index (χ4n) is 7.41. The summed E-state index contributed by atoms with van der Waals surface area (Å²) in [7, 11) is 0. The van der Waals surface area contributed by atoms with Gasteiger partial charge in [-0.25, -0.2) is 0 Å². The van der Waals surface area contributed by atoms with E-state index in [0.29, 0.717) is 19.3 Å². The fraction of sp³-hybridized carbons (Fsp3) is 0.615. The maximum absolute atomic E-state index is 12.8. The van der Waals surface area contributed by atoms with Crippen LogP contribution in [-0.2, 0) is 28.6 Å². The van der Waals surface area contributed by atoms with Gasteiger partial charge in [0.2, 0.25) is 0 Å². The summed E-state index contributed by atoms with van der Waals surface area (Å²) < 4.78 is 16.7. The molecule has 0 fully saturated rings. The lowest BCUT2D eigenvalue weighted by atomic mass is 10.1. The van der Waals surface area contributed by atoms with Crippen molar-refractivity contribution in [2.75, 3.05) is 13.2 Å². The molecule has 0 amide bonds. The van der Waals surface area contributed by atoms with Gasteiger partial charge in [-0.15, -0.1) is 0 Å². The van der Waals surface area contributed by atoms with Crippen molar-refractivity contribution < 1.29 is 28.6 Å². The third-order valence-corrected chi connectivity index (χ3v) is 11.7. The van der Waals surface area contributed by atoms with Crippen molar-refractivity contribution in [2.45, 2.75) is 245 Å². The number of hydrogen-bond acceptors (Lipinski definition) is 6. The quantitative estimate of drug-likeness (QED) is 0.0262. The van der Waals surface area contributed by atoms with Gasteiger partial charge in [0, 0.05) is 19.3 Å². The molecule has 0 aliphatic carbocycles. The Kier molecular flexibility index (Phi) is 54.5. The molecule has 0 bridgehead atoms. The van der Waals surface area contributed by atoms with Crippen molar-refractivity contribution in [1.29, 1.82) is 0 Å². The average molecular weight is 982 g/mol. The number of hydrogen-bond donors (Lipinski definition) is 0. The van der Waals surface area contributed by atoms with Gasteiger partial charge in [-0.3, -0.25) is 14.4 Å². The number of carbonyl (C=O) groups excluding carboxylic acids is 3. The molecule has 6 nitrogen and oxygen atoms in total. The minimum Gasteiger partial charge on any atom is -0.462 e. The standard InChI is InChI=1S/C65H104O6/c1-4-7-10-13-15-17-19-21-23-25-27-29-30-31-32-33-34-36-37-39-41-43-45-47-49-52-55-58-64(67)70-61-62(60-69-63(66)57-54-51-12-9-6-3)71-65(68)59-56-53-50-48-46-44-42-40-38-35-28-26-24-22-20-18-16-14-11-8-5-2/h7-8,10-11,15-18,21-24,27-29,31-32,34-36,39,41,62H,4-6,9,12-14,19-20,25-26,30,33,37-38,40,42-61H2,1-3H3/b10-7-,11-8-,17-15-,18-16-,23-21-,24-22-,29-27-,32-31-,35-28-,36-34-,41-39-. The van der Waals surface area contributed by atoms with E-state index in [1.54, 1.807) is 0 Å². The Morgan fingerprint density at radius 3 is 0.859 bits per heavy atom. The molecule has 0 N–H and O–H groups in total. The molecule has 6 heteroatoms. The summed E-state index contributed by atoms with van der Waals surface area (Å²) in [6, 6.07) is 0. The zero-order chi connectivity index (χ0) is 51.4. The van der Waals surface area contributed by atoms with E-state index in [9.17, 15) is 14.4 Å². The highest BCUT2D eigenvalue weighted by atomic mass is 16.6. The van der Waals surface area contributed by atoms with Gasteiger partial charge in [-0.05, 0) is 116 Å². The highest BCUT2D eigenvalue weighted by molar-refractivity contribution is 5.71. The molecule has 0 spiro atoms. The second-order valence-electron chi connectivity index (χ2n) is 18.4. The fourth-order valence-corrected chi connectivity index (χ4v) is 7.41. The summed E-state index contributed by atoms with van der Waals surface area (Å²) in [4.78, 5) is 37.8. The number of rotatable bonds is 50. The van der Waals surface area contributed by atoms with Crippen molar-refractivity contribution in [3.05, 3.63) is 134 Å². The monoisotopic (exact) mass is 981 g/mol. The molecule has 400 valence electrons. The van der Waals surface area contributed by atoms with Crippen LogP contribution in [0.4, 0.5) is 0 Å². The Balaban J connectivity index is 4.20. The minimum absolute atomic E-state index is 0.0923. The summed E-state index contributed by atoms with van der Waals surface area (Å²) in [5.74, 6) is -0.939. The number of allylic oxidation sites excluding steroid dienone is 22. The molecule has 0 aromatic heterocycles. The molecular weight excluding hydrogens is 877 g/mol. The first-order valence-electron chi connectivity index (χ1n) is 28.7. The lowest BCUT2D eigenvalue weighted by molar-refractivity contribution is -0.167. The summed E-state index contributed by atoms with van der Waals surface area (Å²) >= 11 is 0. The van der Waals surface area contributed by atoms with Crippen LogP contribution in [0.2, 0.25) is 0 Å². The molecule has 0 aliphatic rings. The number of esters is 3. The molecule has 0 heterocycles. The number of carbonyl (C=O) groups is 3. The van der Waals surface area contributed by atoms with Crippen LogP contribution in [0, 0.1) is 0 Å². The first-order valence-corrected chi connectivity index (χ1v) is 28.7. The third kappa shape index (κ3) is 56.3. The van der Waals surface area contributed by atoms with Gasteiger partial charge in [0.25, 0.3) is 0 Å². The maximum atomic E-state index is 12.8. The van der Waals surface area contributed by atoms with Crippen LogP contribution in [0.25, 0.3) is 0 Å². The van der Waals surface area contributed by atoms with Gasteiger partial charge in [-0.1, -0.05) is 238 Å². The number of ether oxygens (including phenoxy) is 3. The van der Waals surface area contributed by atoms with E-state index in [0.717, 1.165) is 167 Å². The van der Waals surface area contributed by atoms with Gasteiger partial charge in [0.1, 0.15) is 13.2 Å². The minimum atomic E-state index is -0.792. The summed E-state index contributed by atoms with van der Waals surface area (Å²) in [5, 5.41) is 0. The predicted molar refractivity (Wildman–Crippen MR) is 306 cm³/mol. The smallest absolute Gasteiger partial charge is 0.306 e. The van der Waals surface area contributed by atoms with Gasteiger partial charge in [0.05, 0.1) is 0 Å². The molecule has 0 rings (SSSR count). The topological polar surface area (TPSA) is 78.9 Å². The zero-order valence-electron chi connectivity index (χ0n) is 45.7. The van der Waals surface area contributed by atoms with Crippen LogP contribution in [0.1, 0.15) is 239 Å². The molecule has 1 atom stereocenters. The van der Waals surface area contributed by atoms with Crippen molar-refractivity contribution in [2.24, 2.45) is 0 Å². The van der Waals surface area contributed by atoms with Crippen LogP contribution in [0.5, 0.6) is 0 Å². The van der Waals surface area contributed by atoms with Crippen molar-refractivity contribution in [3.8, 4) is 0 Å². The third-order valence-electron chi connectivity index (χ3n) is 11.7. The Hall–Kier alpha value is -4.45. The molecule has 1 unspecified atom stereocenters. The summed E-state index contributed by atoms with van der Waals surface area (Å²) in [6.45, 7) is 6.29. The first-order chi connectivity index (χ1) is 35.0. The highest BCUT2D eigenvalue weighted by Gasteiger charge is 2.19. The van der Waals surface area contributed by atoms with E-state index in [1.807, 2.05) is 0 Å². The number of unbranched alkanes of at least 4 members (excludes halogenated alkanes) is 17. The second kappa shape index (κ2) is 58.1. The molecule has 71 heavy (non-hydrogen) atoms. The normalized spacial score (nSPS) is 13.1.